The largest absolute Gasteiger partial charge is 0.339 e. The molecule has 0 saturated carbocycles. The van der Waals surface area contributed by atoms with Crippen molar-refractivity contribution in [1.29, 1.82) is 0 Å². The van der Waals surface area contributed by atoms with Crippen molar-refractivity contribution in [2.45, 2.75) is 50.7 Å². The monoisotopic (exact) mass is 391 g/mol. The van der Waals surface area contributed by atoms with Gasteiger partial charge in [0.2, 0.25) is 0 Å². The zero-order chi connectivity index (χ0) is 19.3. The van der Waals surface area contributed by atoms with Gasteiger partial charge < -0.3 is 4.90 Å². The lowest BCUT2D eigenvalue weighted by Gasteiger charge is -2.15. The first kappa shape index (κ1) is 19.5. The average molecular weight is 391 g/mol. The average Bonchev–Trinajstić information content (AvgIpc) is 3.31. The summed E-state index contributed by atoms with van der Waals surface area (Å²) in [7, 11) is -3.41. The van der Waals surface area contributed by atoms with Gasteiger partial charge in [0.05, 0.1) is 5.75 Å². The molecule has 1 saturated heterocycles. The number of amides is 1. The van der Waals surface area contributed by atoms with Gasteiger partial charge in [0.1, 0.15) is 5.75 Å². The molecule has 3 rings (SSSR count). The lowest BCUT2D eigenvalue weighted by Crippen LogP contribution is -2.27. The van der Waals surface area contributed by atoms with Crippen LogP contribution < -0.4 is 0 Å². The van der Waals surface area contributed by atoms with E-state index >= 15 is 0 Å². The first-order valence-corrected chi connectivity index (χ1v) is 11.1. The van der Waals surface area contributed by atoms with Gasteiger partial charge in [-0.05, 0) is 47.4 Å². The summed E-state index contributed by atoms with van der Waals surface area (Å²) in [5.74, 6) is 0.0746. The number of hydrogen-bond acceptors (Lipinski definition) is 6. The molecule has 0 bridgehead atoms. The summed E-state index contributed by atoms with van der Waals surface area (Å²) in [6.45, 7) is 4.25. The van der Waals surface area contributed by atoms with Crippen LogP contribution in [-0.2, 0) is 27.9 Å². The Morgan fingerprint density at radius 3 is 2.48 bits per heavy atom. The van der Waals surface area contributed by atoms with Crippen LogP contribution in [0.4, 0.5) is 0 Å². The summed E-state index contributed by atoms with van der Waals surface area (Å²) in [6.07, 6.45) is 3.96. The molecule has 0 N–H and O–H groups in total. The van der Waals surface area contributed by atoms with Crippen LogP contribution in [0.3, 0.4) is 0 Å². The van der Waals surface area contributed by atoms with E-state index in [0.717, 1.165) is 38.8 Å². The number of likely N-dealkylation sites (tertiary alicyclic amines) is 1. The minimum Gasteiger partial charge on any atom is -0.339 e. The number of benzene rings is 1. The number of aryl methyl sites for hydroxylation is 1. The number of unbranched alkanes of at least 4 members (excludes halogenated alkanes) is 1. The number of sulfone groups is 1. The van der Waals surface area contributed by atoms with Crippen molar-refractivity contribution in [2.24, 2.45) is 0 Å². The molecule has 1 aliphatic rings. The highest BCUT2D eigenvalue weighted by atomic mass is 32.2. The summed E-state index contributed by atoms with van der Waals surface area (Å²) >= 11 is 0. The van der Waals surface area contributed by atoms with Crippen LogP contribution in [0.15, 0.2) is 24.3 Å². The van der Waals surface area contributed by atoms with Crippen molar-refractivity contribution >= 4 is 15.7 Å². The molecular weight excluding hydrogens is 366 g/mol. The standard InChI is InChI=1S/C18H25N5O3S/c1-2-3-12-23-17(19-20-21-23)14-27(25,26)13-15-6-8-16(9-7-15)18(24)22-10-4-5-11-22/h6-9H,2-5,10-14H2,1H3. The fourth-order valence-electron chi connectivity index (χ4n) is 3.16. The van der Waals surface area contributed by atoms with E-state index in [2.05, 4.69) is 22.4 Å². The molecule has 0 radical (unpaired) electrons. The third-order valence-electron chi connectivity index (χ3n) is 4.66. The Morgan fingerprint density at radius 1 is 1.11 bits per heavy atom. The Labute approximate surface area is 159 Å². The van der Waals surface area contributed by atoms with Crippen molar-refractivity contribution in [3.8, 4) is 0 Å². The molecule has 1 fully saturated rings. The van der Waals surface area contributed by atoms with Crippen molar-refractivity contribution < 1.29 is 13.2 Å². The summed E-state index contributed by atoms with van der Waals surface area (Å²) in [4.78, 5) is 14.2. The van der Waals surface area contributed by atoms with Crippen LogP contribution >= 0.6 is 0 Å². The lowest BCUT2D eigenvalue weighted by molar-refractivity contribution is 0.0793. The number of carbonyl (C=O) groups is 1. The Balaban J connectivity index is 1.63. The topological polar surface area (TPSA) is 98.0 Å². The maximum atomic E-state index is 12.5. The number of nitrogens with zero attached hydrogens (tertiary/aromatic N) is 5. The van der Waals surface area contributed by atoms with E-state index in [9.17, 15) is 13.2 Å². The third kappa shape index (κ3) is 5.12. The van der Waals surface area contributed by atoms with Crippen molar-refractivity contribution in [2.75, 3.05) is 13.1 Å². The van der Waals surface area contributed by atoms with Gasteiger partial charge in [-0.1, -0.05) is 25.5 Å². The number of aromatic nitrogens is 4. The quantitative estimate of drug-likeness (QED) is 0.681. The van der Waals surface area contributed by atoms with Gasteiger partial charge in [-0.3, -0.25) is 4.79 Å². The van der Waals surface area contributed by atoms with Gasteiger partial charge in [-0.15, -0.1) is 5.10 Å². The van der Waals surface area contributed by atoms with Crippen LogP contribution in [-0.4, -0.2) is 52.5 Å². The Bertz CT molecular complexity index is 871. The fourth-order valence-corrected chi connectivity index (χ4v) is 4.56. The van der Waals surface area contributed by atoms with Crippen LogP contribution in [0.2, 0.25) is 0 Å². The molecule has 27 heavy (non-hydrogen) atoms. The molecule has 1 amide bonds. The molecule has 1 aromatic heterocycles. The van der Waals surface area contributed by atoms with Gasteiger partial charge in [0.25, 0.3) is 5.91 Å². The fraction of sp³-hybridized carbons (Fsp3) is 0.556. The molecule has 0 atom stereocenters. The van der Waals surface area contributed by atoms with Gasteiger partial charge in [-0.25, -0.2) is 13.1 Å². The Morgan fingerprint density at radius 2 is 1.81 bits per heavy atom. The second-order valence-electron chi connectivity index (χ2n) is 6.90. The second-order valence-corrected chi connectivity index (χ2v) is 8.96. The summed E-state index contributed by atoms with van der Waals surface area (Å²) in [5.41, 5.74) is 1.25. The first-order valence-electron chi connectivity index (χ1n) is 9.32. The number of carbonyl (C=O) groups excluding carboxylic acids is 1. The highest BCUT2D eigenvalue weighted by Crippen LogP contribution is 2.16. The zero-order valence-corrected chi connectivity index (χ0v) is 16.4. The molecule has 0 unspecified atom stereocenters. The molecule has 8 nitrogen and oxygen atoms in total. The summed E-state index contributed by atoms with van der Waals surface area (Å²) < 4.78 is 26.6. The van der Waals surface area contributed by atoms with Gasteiger partial charge >= 0.3 is 0 Å². The molecule has 0 aliphatic carbocycles. The predicted molar refractivity (Wildman–Crippen MR) is 101 cm³/mol. The molecule has 2 heterocycles. The van der Waals surface area contributed by atoms with E-state index in [1.54, 1.807) is 28.9 Å². The van der Waals surface area contributed by atoms with Crippen LogP contribution in [0.25, 0.3) is 0 Å². The number of hydrogen-bond donors (Lipinski definition) is 0. The van der Waals surface area contributed by atoms with E-state index in [1.807, 2.05) is 4.90 Å². The van der Waals surface area contributed by atoms with Crippen LogP contribution in [0.1, 0.15) is 54.4 Å². The van der Waals surface area contributed by atoms with E-state index in [-0.39, 0.29) is 17.4 Å². The molecular formula is C18H25N5O3S. The molecule has 1 aliphatic heterocycles. The first-order chi connectivity index (χ1) is 13.0. The van der Waals surface area contributed by atoms with Gasteiger partial charge in [0.15, 0.2) is 15.7 Å². The molecule has 2 aromatic rings. The normalized spacial score (nSPS) is 14.6. The van der Waals surface area contributed by atoms with Crippen molar-refractivity contribution in [3.05, 3.63) is 41.2 Å². The third-order valence-corrected chi connectivity index (χ3v) is 6.13. The Kier molecular flexibility index (Phi) is 6.20. The highest BCUT2D eigenvalue weighted by Gasteiger charge is 2.21. The van der Waals surface area contributed by atoms with Crippen LogP contribution in [0.5, 0.6) is 0 Å². The zero-order valence-electron chi connectivity index (χ0n) is 15.5. The molecule has 9 heteroatoms. The summed E-state index contributed by atoms with van der Waals surface area (Å²) in [5, 5.41) is 11.3. The smallest absolute Gasteiger partial charge is 0.253 e. The maximum absolute atomic E-state index is 12.5. The number of tetrazole rings is 1. The SMILES string of the molecule is CCCCn1nnnc1CS(=O)(=O)Cc1ccc(C(=O)N2CCCC2)cc1. The van der Waals surface area contributed by atoms with E-state index in [4.69, 9.17) is 0 Å². The number of rotatable bonds is 8. The molecule has 1 aromatic carbocycles. The second kappa shape index (κ2) is 8.60. The summed E-state index contributed by atoms with van der Waals surface area (Å²) in [6, 6.07) is 6.83. The van der Waals surface area contributed by atoms with Crippen molar-refractivity contribution in [3.63, 3.8) is 0 Å². The minimum absolute atomic E-state index is 0.0111. The highest BCUT2D eigenvalue weighted by molar-refractivity contribution is 7.89. The van der Waals surface area contributed by atoms with Gasteiger partial charge in [0, 0.05) is 25.2 Å². The van der Waals surface area contributed by atoms with E-state index in [0.29, 0.717) is 23.5 Å². The molecule has 0 spiro atoms. The Hall–Kier alpha value is -2.29. The lowest BCUT2D eigenvalue weighted by atomic mass is 10.1. The van der Waals surface area contributed by atoms with E-state index < -0.39 is 9.84 Å². The predicted octanol–water partition coefficient (Wildman–Crippen LogP) is 1.82. The van der Waals surface area contributed by atoms with Crippen LogP contribution in [0, 0.1) is 0 Å². The van der Waals surface area contributed by atoms with Gasteiger partial charge in [-0.2, -0.15) is 0 Å². The maximum Gasteiger partial charge on any atom is 0.253 e. The van der Waals surface area contributed by atoms with E-state index in [1.165, 1.54) is 0 Å². The van der Waals surface area contributed by atoms with Crippen molar-refractivity contribution in [1.82, 2.24) is 25.1 Å². The molecule has 146 valence electrons. The minimum atomic E-state index is -3.41.